The van der Waals surface area contributed by atoms with E-state index in [1.54, 1.807) is 0 Å². The average Bonchev–Trinajstić information content (AvgIpc) is 3.04. The number of hydrogen-bond acceptors (Lipinski definition) is 3. The van der Waals surface area contributed by atoms with Gasteiger partial charge in [0.2, 0.25) is 0 Å². The number of nitrogens with zero attached hydrogens (tertiary/aromatic N) is 1. The average molecular weight is 434 g/mol. The minimum Gasteiger partial charge on any atom is -0.489 e. The molecule has 0 bridgehead atoms. The van der Waals surface area contributed by atoms with Gasteiger partial charge in [0.15, 0.2) is 0 Å². The maximum absolute atomic E-state index is 11.2. The molecule has 154 valence electrons. The molecular weight excluding hydrogens is 409 g/mol. The Morgan fingerprint density at radius 2 is 1.83 bits per heavy atom. The predicted octanol–water partition coefficient (Wildman–Crippen LogP) is 5.92. The van der Waals surface area contributed by atoms with Gasteiger partial charge < -0.3 is 9.84 Å². The highest BCUT2D eigenvalue weighted by atomic mass is 35.5. The number of carbonyl (C=O) groups is 1. The number of hydrogen-bond donors (Lipinski definition) is 1. The fraction of sp³-hybridized carbons (Fsp3) is 0.435. The van der Waals surface area contributed by atoms with Crippen molar-refractivity contribution in [2.45, 2.75) is 44.8 Å². The Hall–Kier alpha value is -1.75. The number of fused-ring (bicyclic) bond motifs is 1. The number of rotatable bonds is 5. The second-order valence-electron chi connectivity index (χ2n) is 8.08. The molecule has 2 aliphatic rings. The molecule has 0 spiro atoms. The number of carboxylic acids is 1. The molecule has 6 heteroatoms. The van der Waals surface area contributed by atoms with Crippen molar-refractivity contribution < 1.29 is 14.6 Å². The first kappa shape index (κ1) is 20.5. The van der Waals surface area contributed by atoms with E-state index in [9.17, 15) is 9.90 Å². The van der Waals surface area contributed by atoms with E-state index in [1.807, 2.05) is 24.3 Å². The first-order valence-corrected chi connectivity index (χ1v) is 10.9. The molecule has 0 saturated carbocycles. The summed E-state index contributed by atoms with van der Waals surface area (Å²) in [5.41, 5.74) is 3.45. The monoisotopic (exact) mass is 433 g/mol. The summed E-state index contributed by atoms with van der Waals surface area (Å²) in [6.07, 6.45) is 2.53. The SMILES string of the molecule is CC1CC(N2CCC(C(=O)O)CC2)c2ccc(OCc3c(Cl)cccc3Cl)cc21. The van der Waals surface area contributed by atoms with Gasteiger partial charge in [0.25, 0.3) is 0 Å². The van der Waals surface area contributed by atoms with Crippen molar-refractivity contribution in [2.75, 3.05) is 13.1 Å². The van der Waals surface area contributed by atoms with E-state index in [-0.39, 0.29) is 5.92 Å². The topological polar surface area (TPSA) is 49.8 Å². The molecular formula is C23H25Cl2NO3. The van der Waals surface area contributed by atoms with E-state index >= 15 is 0 Å². The number of benzene rings is 2. The minimum atomic E-state index is -0.662. The van der Waals surface area contributed by atoms with Crippen molar-refractivity contribution in [2.24, 2.45) is 5.92 Å². The molecule has 1 aliphatic carbocycles. The van der Waals surface area contributed by atoms with Gasteiger partial charge in [-0.1, -0.05) is 42.3 Å². The van der Waals surface area contributed by atoms with Gasteiger partial charge in [-0.2, -0.15) is 0 Å². The molecule has 0 aromatic heterocycles. The maximum Gasteiger partial charge on any atom is 0.306 e. The van der Waals surface area contributed by atoms with Gasteiger partial charge in [0.05, 0.1) is 5.92 Å². The molecule has 1 fully saturated rings. The van der Waals surface area contributed by atoms with Crippen LogP contribution in [0.3, 0.4) is 0 Å². The normalized spacial score (nSPS) is 22.4. The highest BCUT2D eigenvalue weighted by Crippen LogP contribution is 2.45. The van der Waals surface area contributed by atoms with Crippen LogP contribution in [0.2, 0.25) is 10.0 Å². The van der Waals surface area contributed by atoms with Crippen LogP contribution in [-0.4, -0.2) is 29.1 Å². The van der Waals surface area contributed by atoms with Crippen molar-refractivity contribution in [1.82, 2.24) is 4.90 Å². The molecule has 4 rings (SSSR count). The quantitative estimate of drug-likeness (QED) is 0.635. The Morgan fingerprint density at radius 3 is 2.48 bits per heavy atom. The Labute approximate surface area is 181 Å². The fourth-order valence-corrected chi connectivity index (χ4v) is 5.10. The third-order valence-corrected chi connectivity index (χ3v) is 7.00. The second-order valence-corrected chi connectivity index (χ2v) is 8.90. The second kappa shape index (κ2) is 8.55. The van der Waals surface area contributed by atoms with Gasteiger partial charge in [0, 0.05) is 21.7 Å². The number of ether oxygens (including phenoxy) is 1. The Balaban J connectivity index is 1.46. The number of likely N-dealkylation sites (tertiary alicyclic amines) is 1. The van der Waals surface area contributed by atoms with Crippen molar-refractivity contribution in [1.29, 1.82) is 0 Å². The van der Waals surface area contributed by atoms with Gasteiger partial charge in [0.1, 0.15) is 12.4 Å². The van der Waals surface area contributed by atoms with E-state index in [1.165, 1.54) is 11.1 Å². The number of piperidine rings is 1. The standard InChI is InChI=1S/C23H25Cl2NO3/c1-14-11-22(26-9-7-15(8-10-26)23(27)28)17-6-5-16(12-18(14)17)29-13-19-20(24)3-2-4-21(19)25/h2-6,12,14-15,22H,7-11,13H2,1H3,(H,27,28). The van der Waals surface area contributed by atoms with E-state index in [0.717, 1.165) is 43.7 Å². The van der Waals surface area contributed by atoms with Crippen LogP contribution in [0.15, 0.2) is 36.4 Å². The third kappa shape index (κ3) is 4.25. The van der Waals surface area contributed by atoms with Gasteiger partial charge >= 0.3 is 5.97 Å². The lowest BCUT2D eigenvalue weighted by Crippen LogP contribution is -2.38. The fourth-order valence-electron chi connectivity index (χ4n) is 4.59. The summed E-state index contributed by atoms with van der Waals surface area (Å²) in [4.78, 5) is 13.7. The van der Waals surface area contributed by atoms with Gasteiger partial charge in [-0.25, -0.2) is 0 Å². The van der Waals surface area contributed by atoms with Crippen LogP contribution in [0.4, 0.5) is 0 Å². The molecule has 0 radical (unpaired) electrons. The van der Waals surface area contributed by atoms with Crippen molar-refractivity contribution in [3.05, 3.63) is 63.1 Å². The zero-order valence-corrected chi connectivity index (χ0v) is 17.9. The molecule has 4 nitrogen and oxygen atoms in total. The van der Waals surface area contributed by atoms with E-state index < -0.39 is 5.97 Å². The number of halogens is 2. The first-order chi connectivity index (χ1) is 13.9. The summed E-state index contributed by atoms with van der Waals surface area (Å²) in [6, 6.07) is 12.1. The first-order valence-electron chi connectivity index (χ1n) is 10.1. The van der Waals surface area contributed by atoms with Crippen molar-refractivity contribution in [3.8, 4) is 5.75 Å². The summed E-state index contributed by atoms with van der Waals surface area (Å²) in [5, 5.41) is 10.5. The summed E-state index contributed by atoms with van der Waals surface area (Å²) < 4.78 is 6.00. The molecule has 2 aromatic carbocycles. The molecule has 2 atom stereocenters. The molecule has 1 aliphatic heterocycles. The van der Waals surface area contributed by atoms with Crippen LogP contribution in [0.25, 0.3) is 0 Å². The molecule has 1 saturated heterocycles. The minimum absolute atomic E-state index is 0.197. The zero-order chi connectivity index (χ0) is 20.5. The molecule has 2 unspecified atom stereocenters. The van der Waals surface area contributed by atoms with Crippen LogP contribution in [0.5, 0.6) is 5.75 Å². The number of aliphatic carboxylic acids is 1. The summed E-state index contributed by atoms with van der Waals surface area (Å²) in [5.74, 6) is 0.402. The van der Waals surface area contributed by atoms with Crippen LogP contribution >= 0.6 is 23.2 Å². The molecule has 0 amide bonds. The summed E-state index contributed by atoms with van der Waals surface area (Å²) in [6.45, 7) is 4.27. The van der Waals surface area contributed by atoms with Gasteiger partial charge in [-0.3, -0.25) is 9.69 Å². The Morgan fingerprint density at radius 1 is 1.14 bits per heavy atom. The molecule has 1 heterocycles. The van der Waals surface area contributed by atoms with Crippen LogP contribution in [0.1, 0.15) is 54.8 Å². The lowest BCUT2D eigenvalue weighted by atomic mass is 9.95. The molecule has 29 heavy (non-hydrogen) atoms. The zero-order valence-electron chi connectivity index (χ0n) is 16.4. The molecule has 2 aromatic rings. The Kier molecular flexibility index (Phi) is 6.05. The summed E-state index contributed by atoms with van der Waals surface area (Å²) in [7, 11) is 0. The van der Waals surface area contributed by atoms with Crippen molar-refractivity contribution >= 4 is 29.2 Å². The van der Waals surface area contributed by atoms with Gasteiger partial charge in [-0.05, 0) is 73.7 Å². The van der Waals surface area contributed by atoms with E-state index in [0.29, 0.717) is 28.6 Å². The highest BCUT2D eigenvalue weighted by molar-refractivity contribution is 6.35. The van der Waals surface area contributed by atoms with Crippen molar-refractivity contribution in [3.63, 3.8) is 0 Å². The third-order valence-electron chi connectivity index (χ3n) is 6.29. The lowest BCUT2D eigenvalue weighted by Gasteiger charge is -2.35. The maximum atomic E-state index is 11.2. The lowest BCUT2D eigenvalue weighted by molar-refractivity contribution is -0.143. The highest BCUT2D eigenvalue weighted by Gasteiger charge is 2.35. The van der Waals surface area contributed by atoms with Crippen LogP contribution in [-0.2, 0) is 11.4 Å². The molecule has 1 N–H and O–H groups in total. The van der Waals surface area contributed by atoms with E-state index in [4.69, 9.17) is 27.9 Å². The van der Waals surface area contributed by atoms with Gasteiger partial charge in [-0.15, -0.1) is 0 Å². The van der Waals surface area contributed by atoms with E-state index in [2.05, 4.69) is 24.0 Å². The Bertz CT molecular complexity index is 889. The number of carboxylic acid groups (broad SMARTS) is 1. The predicted molar refractivity (Wildman–Crippen MR) is 115 cm³/mol. The smallest absolute Gasteiger partial charge is 0.306 e. The van der Waals surface area contributed by atoms with Crippen LogP contribution in [0, 0.1) is 5.92 Å². The van der Waals surface area contributed by atoms with Crippen LogP contribution < -0.4 is 4.74 Å². The largest absolute Gasteiger partial charge is 0.489 e. The summed E-state index contributed by atoms with van der Waals surface area (Å²) >= 11 is 12.5.